The summed E-state index contributed by atoms with van der Waals surface area (Å²) in [5, 5.41) is 0. The SMILES string of the molecule is CC(=O)CC1CCC2C3CCC4CC(C)CCC4(C)C3CCC12C. The third-order valence-corrected chi connectivity index (χ3v) is 9.66. The molecule has 136 valence electrons. The molecule has 8 atom stereocenters. The zero-order valence-electron chi connectivity index (χ0n) is 16.4. The van der Waals surface area contributed by atoms with Crippen LogP contribution in [0.2, 0.25) is 0 Å². The maximum atomic E-state index is 11.8. The van der Waals surface area contributed by atoms with E-state index in [4.69, 9.17) is 0 Å². The first kappa shape index (κ1) is 17.1. The van der Waals surface area contributed by atoms with E-state index in [1.54, 1.807) is 6.92 Å². The normalized spacial score (nSPS) is 53.8. The molecule has 24 heavy (non-hydrogen) atoms. The Kier molecular flexibility index (Phi) is 4.17. The molecule has 4 fully saturated rings. The van der Waals surface area contributed by atoms with E-state index in [0.717, 1.165) is 36.0 Å². The topological polar surface area (TPSA) is 17.1 Å². The quantitative estimate of drug-likeness (QED) is 0.584. The van der Waals surface area contributed by atoms with Gasteiger partial charge in [-0.3, -0.25) is 0 Å². The first-order valence-electron chi connectivity index (χ1n) is 10.8. The molecule has 1 nitrogen and oxygen atoms in total. The van der Waals surface area contributed by atoms with Gasteiger partial charge in [-0.2, -0.15) is 0 Å². The monoisotopic (exact) mass is 330 g/mol. The van der Waals surface area contributed by atoms with Crippen molar-refractivity contribution in [1.29, 1.82) is 0 Å². The summed E-state index contributed by atoms with van der Waals surface area (Å²) in [6.07, 6.45) is 13.9. The lowest BCUT2D eigenvalue weighted by Crippen LogP contribution is -2.53. The minimum Gasteiger partial charge on any atom is -0.300 e. The number of carbonyl (C=O) groups is 1. The second kappa shape index (κ2) is 5.85. The van der Waals surface area contributed by atoms with Crippen molar-refractivity contribution in [3.8, 4) is 0 Å². The zero-order valence-corrected chi connectivity index (χ0v) is 16.4. The fraction of sp³-hybridized carbons (Fsp3) is 0.957. The summed E-state index contributed by atoms with van der Waals surface area (Å²) >= 11 is 0. The maximum absolute atomic E-state index is 11.8. The van der Waals surface area contributed by atoms with Crippen molar-refractivity contribution in [1.82, 2.24) is 0 Å². The van der Waals surface area contributed by atoms with Gasteiger partial charge < -0.3 is 4.79 Å². The number of carbonyl (C=O) groups excluding carboxylic acids is 1. The third-order valence-electron chi connectivity index (χ3n) is 9.66. The van der Waals surface area contributed by atoms with Gasteiger partial charge in [-0.1, -0.05) is 27.2 Å². The highest BCUT2D eigenvalue weighted by Crippen LogP contribution is 2.68. The number of hydrogen-bond acceptors (Lipinski definition) is 1. The molecule has 4 rings (SSSR count). The second-order valence-corrected chi connectivity index (χ2v) is 10.8. The van der Waals surface area contributed by atoms with Crippen molar-refractivity contribution in [3.63, 3.8) is 0 Å². The van der Waals surface area contributed by atoms with Crippen LogP contribution in [0.1, 0.15) is 91.9 Å². The van der Waals surface area contributed by atoms with Gasteiger partial charge in [0.1, 0.15) is 5.78 Å². The number of ketones is 1. The van der Waals surface area contributed by atoms with E-state index in [1.165, 1.54) is 57.8 Å². The van der Waals surface area contributed by atoms with Crippen molar-refractivity contribution < 1.29 is 4.79 Å². The first-order valence-corrected chi connectivity index (χ1v) is 10.8. The van der Waals surface area contributed by atoms with E-state index in [-0.39, 0.29) is 0 Å². The Balaban J connectivity index is 1.57. The maximum Gasteiger partial charge on any atom is 0.130 e. The highest BCUT2D eigenvalue weighted by atomic mass is 16.1. The van der Waals surface area contributed by atoms with E-state index in [2.05, 4.69) is 20.8 Å². The predicted octanol–water partition coefficient (Wildman–Crippen LogP) is 6.26. The Hall–Kier alpha value is -0.330. The van der Waals surface area contributed by atoms with E-state index >= 15 is 0 Å². The molecule has 0 saturated heterocycles. The molecule has 0 aromatic rings. The van der Waals surface area contributed by atoms with E-state index in [1.807, 2.05) is 0 Å². The highest BCUT2D eigenvalue weighted by molar-refractivity contribution is 5.75. The van der Waals surface area contributed by atoms with Gasteiger partial charge in [-0.25, -0.2) is 0 Å². The standard InChI is InChI=1S/C23H38O/c1-15-9-11-22(3)17(13-15)5-7-19-20-8-6-18(14-16(2)24)23(20,4)12-10-21(19)22/h15,17-21H,5-14H2,1-4H3. The molecule has 0 bridgehead atoms. The first-order chi connectivity index (χ1) is 11.3. The van der Waals surface area contributed by atoms with Gasteiger partial charge in [-0.15, -0.1) is 0 Å². The molecule has 8 unspecified atom stereocenters. The average molecular weight is 331 g/mol. The van der Waals surface area contributed by atoms with E-state index < -0.39 is 0 Å². The number of fused-ring (bicyclic) bond motifs is 5. The minimum absolute atomic E-state index is 0.418. The van der Waals surface area contributed by atoms with E-state index in [9.17, 15) is 4.79 Å². The summed E-state index contributed by atoms with van der Waals surface area (Å²) in [6.45, 7) is 9.52. The summed E-state index contributed by atoms with van der Waals surface area (Å²) < 4.78 is 0. The molecule has 4 aliphatic carbocycles. The van der Waals surface area contributed by atoms with Crippen LogP contribution < -0.4 is 0 Å². The lowest BCUT2D eigenvalue weighted by atomic mass is 9.44. The van der Waals surface area contributed by atoms with Crippen LogP contribution >= 0.6 is 0 Å². The Morgan fingerprint density at radius 3 is 2.38 bits per heavy atom. The molecule has 0 aromatic carbocycles. The number of rotatable bonds is 2. The van der Waals surface area contributed by atoms with Crippen LogP contribution in [-0.2, 0) is 4.79 Å². The largest absolute Gasteiger partial charge is 0.300 e. The van der Waals surface area contributed by atoms with Gasteiger partial charge in [0.15, 0.2) is 0 Å². The molecule has 4 aliphatic rings. The van der Waals surface area contributed by atoms with Crippen LogP contribution in [0.5, 0.6) is 0 Å². The fourth-order valence-electron chi connectivity index (χ4n) is 8.26. The summed E-state index contributed by atoms with van der Waals surface area (Å²) in [7, 11) is 0. The molecule has 0 N–H and O–H groups in total. The Bertz CT molecular complexity index is 510. The minimum atomic E-state index is 0.418. The van der Waals surface area contributed by atoms with E-state index in [0.29, 0.717) is 22.5 Å². The lowest BCUT2D eigenvalue weighted by Gasteiger charge is -2.61. The molecule has 0 heterocycles. The van der Waals surface area contributed by atoms with Gasteiger partial charge in [0.2, 0.25) is 0 Å². The fourth-order valence-corrected chi connectivity index (χ4v) is 8.26. The Labute approximate surface area is 149 Å². The van der Waals surface area contributed by atoms with Crippen molar-refractivity contribution in [2.75, 3.05) is 0 Å². The lowest BCUT2D eigenvalue weighted by molar-refractivity contribution is -0.125. The molecular formula is C23H38O. The summed E-state index contributed by atoms with van der Waals surface area (Å²) in [4.78, 5) is 11.8. The van der Waals surface area contributed by atoms with Crippen molar-refractivity contribution in [2.24, 2.45) is 46.3 Å². The Morgan fingerprint density at radius 2 is 1.62 bits per heavy atom. The second-order valence-electron chi connectivity index (χ2n) is 10.8. The van der Waals surface area contributed by atoms with Crippen molar-refractivity contribution >= 4 is 5.78 Å². The molecule has 1 heteroatoms. The molecule has 0 aliphatic heterocycles. The molecule has 0 spiro atoms. The molecule has 0 amide bonds. The molecular weight excluding hydrogens is 292 g/mol. The van der Waals surface area contributed by atoms with Gasteiger partial charge in [0.05, 0.1) is 0 Å². The smallest absolute Gasteiger partial charge is 0.130 e. The number of hydrogen-bond donors (Lipinski definition) is 0. The molecule has 4 saturated carbocycles. The molecule has 0 radical (unpaired) electrons. The zero-order chi connectivity index (χ0) is 17.1. The van der Waals surface area contributed by atoms with Gasteiger partial charge in [0, 0.05) is 6.42 Å². The third kappa shape index (κ3) is 2.43. The predicted molar refractivity (Wildman–Crippen MR) is 99.7 cm³/mol. The van der Waals surface area contributed by atoms with Crippen LogP contribution in [0, 0.1) is 46.3 Å². The summed E-state index contributed by atoms with van der Waals surface area (Å²) in [6, 6.07) is 0. The highest BCUT2D eigenvalue weighted by Gasteiger charge is 2.59. The van der Waals surface area contributed by atoms with Crippen LogP contribution in [0.25, 0.3) is 0 Å². The summed E-state index contributed by atoms with van der Waals surface area (Å²) in [5.41, 5.74) is 1.10. The molecule has 0 aromatic heterocycles. The van der Waals surface area contributed by atoms with Crippen LogP contribution in [0.3, 0.4) is 0 Å². The van der Waals surface area contributed by atoms with Crippen LogP contribution in [0.15, 0.2) is 0 Å². The summed E-state index contributed by atoms with van der Waals surface area (Å²) in [5.74, 6) is 5.92. The Morgan fingerprint density at radius 1 is 0.917 bits per heavy atom. The van der Waals surface area contributed by atoms with Gasteiger partial charge in [0.25, 0.3) is 0 Å². The van der Waals surface area contributed by atoms with Crippen molar-refractivity contribution in [3.05, 3.63) is 0 Å². The van der Waals surface area contributed by atoms with Crippen molar-refractivity contribution in [2.45, 2.75) is 91.9 Å². The van der Waals surface area contributed by atoms with Gasteiger partial charge >= 0.3 is 0 Å². The van der Waals surface area contributed by atoms with Crippen LogP contribution in [0.4, 0.5) is 0 Å². The van der Waals surface area contributed by atoms with Gasteiger partial charge in [-0.05, 0) is 105 Å². The number of Topliss-reactive ketones (excluding diaryl/α,β-unsaturated/α-hetero) is 1. The van der Waals surface area contributed by atoms with Crippen LogP contribution in [-0.4, -0.2) is 5.78 Å². The average Bonchev–Trinajstić information content (AvgIpc) is 2.84.